The van der Waals surface area contributed by atoms with Gasteiger partial charge in [-0.1, -0.05) is 26.0 Å². The Morgan fingerprint density at radius 2 is 2.10 bits per heavy atom. The lowest BCUT2D eigenvalue weighted by molar-refractivity contribution is -0.0979. The number of hydrogen-bond donors (Lipinski definition) is 1. The molecule has 1 heterocycles. The van der Waals surface area contributed by atoms with E-state index in [4.69, 9.17) is 4.74 Å². The van der Waals surface area contributed by atoms with Crippen LogP contribution in [0, 0.1) is 5.41 Å². The highest BCUT2D eigenvalue weighted by Crippen LogP contribution is 2.42. The molecule has 112 valence electrons. The maximum atomic E-state index is 5.49. The third kappa shape index (κ3) is 2.74. The summed E-state index contributed by atoms with van der Waals surface area (Å²) in [6, 6.07) is 9.12. The normalized spacial score (nSPS) is 23.8. The largest absolute Gasteiger partial charge is 0.381 e. The van der Waals surface area contributed by atoms with Gasteiger partial charge in [0.1, 0.15) is 0 Å². The van der Waals surface area contributed by atoms with Crippen molar-refractivity contribution in [3.63, 3.8) is 0 Å². The van der Waals surface area contributed by atoms with E-state index < -0.39 is 0 Å². The standard InChI is InChI=1S/C17H23N3O/c1-17(2)15(10-16(17)21-3)19-11-13-4-6-14(7-5-13)20-9-8-18-12-20/h4-9,12,15-16,19H,10-11H2,1-3H3. The van der Waals surface area contributed by atoms with Crippen molar-refractivity contribution >= 4 is 0 Å². The molecule has 4 nitrogen and oxygen atoms in total. The highest BCUT2D eigenvalue weighted by Gasteiger charge is 2.48. The Kier molecular flexibility index (Phi) is 3.83. The van der Waals surface area contributed by atoms with Crippen LogP contribution >= 0.6 is 0 Å². The number of benzene rings is 1. The summed E-state index contributed by atoms with van der Waals surface area (Å²) in [7, 11) is 1.80. The van der Waals surface area contributed by atoms with E-state index in [0.717, 1.165) is 18.7 Å². The van der Waals surface area contributed by atoms with Gasteiger partial charge in [-0.25, -0.2) is 4.98 Å². The SMILES string of the molecule is COC1CC(NCc2ccc(-n3ccnc3)cc2)C1(C)C. The van der Waals surface area contributed by atoms with E-state index >= 15 is 0 Å². The second-order valence-corrected chi connectivity index (χ2v) is 6.35. The summed E-state index contributed by atoms with van der Waals surface area (Å²) in [5.74, 6) is 0. The van der Waals surface area contributed by atoms with Crippen molar-refractivity contribution < 1.29 is 4.74 Å². The van der Waals surface area contributed by atoms with E-state index in [1.807, 2.05) is 17.1 Å². The fourth-order valence-electron chi connectivity index (χ4n) is 3.07. The molecule has 0 spiro atoms. The van der Waals surface area contributed by atoms with Crippen LogP contribution in [0.25, 0.3) is 5.69 Å². The van der Waals surface area contributed by atoms with Gasteiger partial charge in [0, 0.05) is 43.2 Å². The minimum absolute atomic E-state index is 0.214. The van der Waals surface area contributed by atoms with Crippen molar-refractivity contribution in [2.24, 2.45) is 5.41 Å². The number of rotatable bonds is 5. The van der Waals surface area contributed by atoms with Crippen LogP contribution < -0.4 is 5.32 Å². The van der Waals surface area contributed by atoms with Gasteiger partial charge in [0.15, 0.2) is 0 Å². The molecule has 1 aliphatic carbocycles. The fourth-order valence-corrected chi connectivity index (χ4v) is 3.07. The molecule has 0 aliphatic heterocycles. The molecule has 0 radical (unpaired) electrons. The molecule has 0 bridgehead atoms. The lowest BCUT2D eigenvalue weighted by Gasteiger charge is -2.51. The molecule has 1 aromatic heterocycles. The first-order valence-electron chi connectivity index (χ1n) is 7.44. The highest BCUT2D eigenvalue weighted by molar-refractivity contribution is 5.34. The molecule has 4 heteroatoms. The van der Waals surface area contributed by atoms with Crippen molar-refractivity contribution in [3.8, 4) is 5.69 Å². The van der Waals surface area contributed by atoms with E-state index in [9.17, 15) is 0 Å². The zero-order valence-electron chi connectivity index (χ0n) is 12.9. The van der Waals surface area contributed by atoms with Gasteiger partial charge in [0.05, 0.1) is 12.4 Å². The Hall–Kier alpha value is -1.65. The lowest BCUT2D eigenvalue weighted by Crippen LogP contribution is -2.60. The van der Waals surface area contributed by atoms with Gasteiger partial charge in [-0.3, -0.25) is 0 Å². The molecule has 2 aromatic rings. The Morgan fingerprint density at radius 1 is 1.33 bits per heavy atom. The summed E-state index contributed by atoms with van der Waals surface area (Å²) in [6.07, 6.45) is 7.03. The van der Waals surface area contributed by atoms with E-state index in [1.54, 1.807) is 13.3 Å². The zero-order chi connectivity index (χ0) is 14.9. The maximum absolute atomic E-state index is 5.49. The van der Waals surface area contributed by atoms with Gasteiger partial charge < -0.3 is 14.6 Å². The topological polar surface area (TPSA) is 39.1 Å². The number of imidazole rings is 1. The van der Waals surface area contributed by atoms with Crippen molar-refractivity contribution in [1.82, 2.24) is 14.9 Å². The molecular weight excluding hydrogens is 262 g/mol. The van der Waals surface area contributed by atoms with Gasteiger partial charge >= 0.3 is 0 Å². The second kappa shape index (κ2) is 5.62. The van der Waals surface area contributed by atoms with Crippen LogP contribution in [-0.2, 0) is 11.3 Å². The predicted octanol–water partition coefficient (Wildman–Crippen LogP) is 2.78. The van der Waals surface area contributed by atoms with E-state index in [1.165, 1.54) is 5.56 Å². The van der Waals surface area contributed by atoms with Crippen molar-refractivity contribution in [3.05, 3.63) is 48.5 Å². The lowest BCUT2D eigenvalue weighted by atomic mass is 9.64. The third-order valence-corrected chi connectivity index (χ3v) is 4.75. The van der Waals surface area contributed by atoms with Crippen LogP contribution in [0.3, 0.4) is 0 Å². The third-order valence-electron chi connectivity index (χ3n) is 4.75. The number of hydrogen-bond acceptors (Lipinski definition) is 3. The molecule has 3 rings (SSSR count). The van der Waals surface area contributed by atoms with Gasteiger partial charge in [-0.05, 0) is 24.1 Å². The average Bonchev–Trinajstić information content (AvgIpc) is 3.01. The monoisotopic (exact) mass is 285 g/mol. The molecule has 1 N–H and O–H groups in total. The Morgan fingerprint density at radius 3 is 2.67 bits per heavy atom. The summed E-state index contributed by atoms with van der Waals surface area (Å²) < 4.78 is 7.50. The second-order valence-electron chi connectivity index (χ2n) is 6.35. The Bertz CT molecular complexity index is 575. The molecule has 1 fully saturated rings. The molecule has 1 aromatic carbocycles. The van der Waals surface area contributed by atoms with Crippen LogP contribution in [0.2, 0.25) is 0 Å². The molecule has 2 atom stereocenters. The number of nitrogens with zero attached hydrogens (tertiary/aromatic N) is 2. The van der Waals surface area contributed by atoms with Crippen LogP contribution in [0.15, 0.2) is 43.0 Å². The quantitative estimate of drug-likeness (QED) is 0.918. The summed E-state index contributed by atoms with van der Waals surface area (Å²) in [4.78, 5) is 4.07. The first kappa shape index (κ1) is 14.3. The minimum Gasteiger partial charge on any atom is -0.381 e. The van der Waals surface area contributed by atoms with Crippen LogP contribution in [0.4, 0.5) is 0 Å². The van der Waals surface area contributed by atoms with Gasteiger partial charge in [-0.15, -0.1) is 0 Å². The average molecular weight is 285 g/mol. The predicted molar refractivity (Wildman–Crippen MR) is 83.4 cm³/mol. The fraction of sp³-hybridized carbons (Fsp3) is 0.471. The molecule has 1 aliphatic rings. The summed E-state index contributed by atoms with van der Waals surface area (Å²) >= 11 is 0. The molecule has 2 unspecified atom stereocenters. The van der Waals surface area contributed by atoms with E-state index in [0.29, 0.717) is 12.1 Å². The van der Waals surface area contributed by atoms with Gasteiger partial charge in [0.25, 0.3) is 0 Å². The first-order chi connectivity index (χ1) is 10.1. The first-order valence-corrected chi connectivity index (χ1v) is 7.44. The molecule has 0 amide bonds. The van der Waals surface area contributed by atoms with Crippen LogP contribution in [-0.4, -0.2) is 28.8 Å². The van der Waals surface area contributed by atoms with Crippen molar-refractivity contribution in [2.45, 2.75) is 39.0 Å². The van der Waals surface area contributed by atoms with Crippen LogP contribution in [0.5, 0.6) is 0 Å². The molecule has 1 saturated carbocycles. The zero-order valence-corrected chi connectivity index (χ0v) is 12.9. The van der Waals surface area contributed by atoms with Crippen molar-refractivity contribution in [1.29, 1.82) is 0 Å². The van der Waals surface area contributed by atoms with Gasteiger partial charge in [0.2, 0.25) is 0 Å². The molecular formula is C17H23N3O. The molecule has 21 heavy (non-hydrogen) atoms. The number of ether oxygens (including phenoxy) is 1. The highest BCUT2D eigenvalue weighted by atomic mass is 16.5. The minimum atomic E-state index is 0.214. The van der Waals surface area contributed by atoms with E-state index in [2.05, 4.69) is 48.4 Å². The van der Waals surface area contributed by atoms with Crippen molar-refractivity contribution in [2.75, 3.05) is 7.11 Å². The summed E-state index contributed by atoms with van der Waals surface area (Å²) in [6.45, 7) is 5.43. The Labute approximate surface area is 126 Å². The summed E-state index contributed by atoms with van der Waals surface area (Å²) in [5.41, 5.74) is 2.65. The van der Waals surface area contributed by atoms with Crippen LogP contribution in [0.1, 0.15) is 25.8 Å². The number of nitrogens with one attached hydrogen (secondary N) is 1. The van der Waals surface area contributed by atoms with Gasteiger partial charge in [-0.2, -0.15) is 0 Å². The maximum Gasteiger partial charge on any atom is 0.0991 e. The van der Waals surface area contributed by atoms with E-state index in [-0.39, 0.29) is 5.41 Å². The summed E-state index contributed by atoms with van der Waals surface area (Å²) in [5, 5.41) is 3.65. The number of methoxy groups -OCH3 is 1. The Balaban J connectivity index is 1.57. The molecule has 0 saturated heterocycles. The smallest absolute Gasteiger partial charge is 0.0991 e. The number of aromatic nitrogens is 2.